The van der Waals surface area contributed by atoms with E-state index < -0.39 is 0 Å². The van der Waals surface area contributed by atoms with E-state index in [0.717, 1.165) is 25.9 Å². The first kappa shape index (κ1) is 15.5. The number of likely N-dealkylation sites (tertiary alicyclic amines) is 1. The molecule has 1 aromatic rings. The van der Waals surface area contributed by atoms with Gasteiger partial charge in [-0.25, -0.2) is 0 Å². The minimum Gasteiger partial charge on any atom is -0.381 e. The van der Waals surface area contributed by atoms with Gasteiger partial charge in [-0.05, 0) is 25.0 Å². The van der Waals surface area contributed by atoms with Gasteiger partial charge in [0.15, 0.2) is 0 Å². The third-order valence-corrected chi connectivity index (χ3v) is 3.79. The number of rotatable bonds is 5. The SMILES string of the molecule is COC1CCN(C(=O)CCNC(=O)c2ccccc2)CC1. The molecule has 0 bridgehead atoms. The van der Waals surface area contributed by atoms with Crippen LogP contribution in [0.5, 0.6) is 0 Å². The number of carbonyl (C=O) groups excluding carboxylic acids is 2. The van der Waals surface area contributed by atoms with Crippen molar-refractivity contribution in [3.63, 3.8) is 0 Å². The molecule has 2 amide bonds. The summed E-state index contributed by atoms with van der Waals surface area (Å²) in [7, 11) is 1.71. The molecule has 0 aromatic heterocycles. The van der Waals surface area contributed by atoms with E-state index in [0.29, 0.717) is 18.5 Å². The van der Waals surface area contributed by atoms with Gasteiger partial charge in [0.05, 0.1) is 6.10 Å². The lowest BCUT2D eigenvalue weighted by Crippen LogP contribution is -2.41. The van der Waals surface area contributed by atoms with Crippen molar-refractivity contribution in [3.05, 3.63) is 35.9 Å². The van der Waals surface area contributed by atoms with E-state index >= 15 is 0 Å². The Morgan fingerprint density at radius 2 is 1.90 bits per heavy atom. The summed E-state index contributed by atoms with van der Waals surface area (Å²) < 4.78 is 5.29. The number of hydrogen-bond acceptors (Lipinski definition) is 3. The molecule has 1 aliphatic heterocycles. The molecule has 0 saturated carbocycles. The van der Waals surface area contributed by atoms with E-state index in [9.17, 15) is 9.59 Å². The Morgan fingerprint density at radius 3 is 2.52 bits per heavy atom. The van der Waals surface area contributed by atoms with E-state index in [4.69, 9.17) is 4.74 Å². The summed E-state index contributed by atoms with van der Waals surface area (Å²) in [6.07, 6.45) is 2.39. The minimum absolute atomic E-state index is 0.0953. The number of nitrogens with zero attached hydrogens (tertiary/aromatic N) is 1. The highest BCUT2D eigenvalue weighted by Gasteiger charge is 2.22. The first-order valence-corrected chi connectivity index (χ1v) is 7.34. The molecule has 0 atom stereocenters. The fraction of sp³-hybridized carbons (Fsp3) is 0.500. The zero-order chi connectivity index (χ0) is 15.1. The Kier molecular flexibility index (Phi) is 5.75. The van der Waals surface area contributed by atoms with Gasteiger partial charge in [-0.15, -0.1) is 0 Å². The van der Waals surface area contributed by atoms with Crippen molar-refractivity contribution in [2.24, 2.45) is 0 Å². The quantitative estimate of drug-likeness (QED) is 0.893. The van der Waals surface area contributed by atoms with Crippen LogP contribution in [-0.2, 0) is 9.53 Å². The van der Waals surface area contributed by atoms with Crippen LogP contribution in [0.2, 0.25) is 0 Å². The van der Waals surface area contributed by atoms with E-state index in [1.54, 1.807) is 19.2 Å². The maximum Gasteiger partial charge on any atom is 0.251 e. The lowest BCUT2D eigenvalue weighted by atomic mass is 10.1. The minimum atomic E-state index is -0.138. The van der Waals surface area contributed by atoms with E-state index in [2.05, 4.69) is 5.32 Å². The molecule has 0 radical (unpaired) electrons. The fourth-order valence-electron chi connectivity index (χ4n) is 2.47. The topological polar surface area (TPSA) is 58.6 Å². The third-order valence-electron chi connectivity index (χ3n) is 3.79. The average Bonchev–Trinajstić information content (AvgIpc) is 2.55. The predicted molar refractivity (Wildman–Crippen MR) is 80.0 cm³/mol. The van der Waals surface area contributed by atoms with Crippen LogP contribution in [0.3, 0.4) is 0 Å². The third kappa shape index (κ3) is 4.56. The van der Waals surface area contributed by atoms with Gasteiger partial charge >= 0.3 is 0 Å². The maximum atomic E-state index is 12.0. The Bertz CT molecular complexity index is 468. The Labute approximate surface area is 125 Å². The van der Waals surface area contributed by atoms with Crippen LogP contribution in [0.15, 0.2) is 30.3 Å². The first-order chi connectivity index (χ1) is 10.2. The second-order valence-corrected chi connectivity index (χ2v) is 5.19. The monoisotopic (exact) mass is 290 g/mol. The predicted octanol–water partition coefficient (Wildman–Crippen LogP) is 1.44. The summed E-state index contributed by atoms with van der Waals surface area (Å²) in [4.78, 5) is 25.7. The molecule has 1 saturated heterocycles. The van der Waals surface area contributed by atoms with Crippen LogP contribution in [0, 0.1) is 0 Å². The van der Waals surface area contributed by atoms with Gasteiger partial charge < -0.3 is 15.0 Å². The van der Waals surface area contributed by atoms with Gasteiger partial charge in [0.1, 0.15) is 0 Å². The molecule has 5 heteroatoms. The summed E-state index contributed by atoms with van der Waals surface area (Å²) in [5, 5.41) is 2.78. The number of carbonyl (C=O) groups is 2. The molecule has 0 unspecified atom stereocenters. The fourth-order valence-corrected chi connectivity index (χ4v) is 2.47. The lowest BCUT2D eigenvalue weighted by molar-refractivity contribution is -0.133. The molecule has 0 spiro atoms. The van der Waals surface area contributed by atoms with Gasteiger partial charge in [-0.1, -0.05) is 18.2 Å². The number of benzene rings is 1. The van der Waals surface area contributed by atoms with Gasteiger partial charge in [0.25, 0.3) is 5.91 Å². The molecular formula is C16H22N2O3. The summed E-state index contributed by atoms with van der Waals surface area (Å²) in [6.45, 7) is 1.85. The Morgan fingerprint density at radius 1 is 1.24 bits per heavy atom. The summed E-state index contributed by atoms with van der Waals surface area (Å²) in [6, 6.07) is 9.02. The summed E-state index contributed by atoms with van der Waals surface area (Å²) in [5.41, 5.74) is 0.617. The van der Waals surface area contributed by atoms with Gasteiger partial charge in [-0.2, -0.15) is 0 Å². The molecular weight excluding hydrogens is 268 g/mol. The molecule has 5 nitrogen and oxygen atoms in total. The van der Waals surface area contributed by atoms with Crippen molar-refractivity contribution in [2.45, 2.75) is 25.4 Å². The highest BCUT2D eigenvalue weighted by molar-refractivity contribution is 5.94. The number of amides is 2. The van der Waals surface area contributed by atoms with Gasteiger partial charge in [0, 0.05) is 38.7 Å². The van der Waals surface area contributed by atoms with Crippen LogP contribution >= 0.6 is 0 Å². The van der Waals surface area contributed by atoms with Crippen LogP contribution in [0.25, 0.3) is 0 Å². The van der Waals surface area contributed by atoms with Crippen LogP contribution < -0.4 is 5.32 Å². The smallest absolute Gasteiger partial charge is 0.251 e. The average molecular weight is 290 g/mol. The molecule has 2 rings (SSSR count). The van der Waals surface area contributed by atoms with Gasteiger partial charge in [0.2, 0.25) is 5.91 Å². The zero-order valence-electron chi connectivity index (χ0n) is 12.4. The highest BCUT2D eigenvalue weighted by Crippen LogP contribution is 2.13. The van der Waals surface area contributed by atoms with Crippen molar-refractivity contribution in [3.8, 4) is 0 Å². The van der Waals surface area contributed by atoms with Gasteiger partial charge in [-0.3, -0.25) is 9.59 Å². The van der Waals surface area contributed by atoms with Crippen molar-refractivity contribution in [1.82, 2.24) is 10.2 Å². The first-order valence-electron chi connectivity index (χ1n) is 7.34. The molecule has 1 heterocycles. The number of nitrogens with one attached hydrogen (secondary N) is 1. The van der Waals surface area contributed by atoms with Crippen LogP contribution in [0.4, 0.5) is 0 Å². The van der Waals surface area contributed by atoms with Crippen LogP contribution in [0.1, 0.15) is 29.6 Å². The number of piperidine rings is 1. The second kappa shape index (κ2) is 7.78. The van der Waals surface area contributed by atoms with Crippen molar-refractivity contribution >= 4 is 11.8 Å². The molecule has 0 aliphatic carbocycles. The molecule has 114 valence electrons. The standard InChI is InChI=1S/C16H22N2O3/c1-21-14-8-11-18(12-9-14)15(19)7-10-17-16(20)13-5-3-2-4-6-13/h2-6,14H,7-12H2,1H3,(H,17,20). The van der Waals surface area contributed by atoms with Crippen molar-refractivity contribution in [2.75, 3.05) is 26.7 Å². The zero-order valence-corrected chi connectivity index (χ0v) is 12.4. The van der Waals surface area contributed by atoms with E-state index in [-0.39, 0.29) is 17.9 Å². The molecule has 21 heavy (non-hydrogen) atoms. The lowest BCUT2D eigenvalue weighted by Gasteiger charge is -2.31. The number of methoxy groups -OCH3 is 1. The van der Waals surface area contributed by atoms with E-state index in [1.165, 1.54) is 0 Å². The molecule has 1 aromatic carbocycles. The summed E-state index contributed by atoms with van der Waals surface area (Å²) >= 11 is 0. The highest BCUT2D eigenvalue weighted by atomic mass is 16.5. The number of hydrogen-bond donors (Lipinski definition) is 1. The second-order valence-electron chi connectivity index (χ2n) is 5.19. The normalized spacial score (nSPS) is 15.8. The summed E-state index contributed by atoms with van der Waals surface area (Å²) in [5.74, 6) is -0.0422. The van der Waals surface area contributed by atoms with Crippen LogP contribution in [-0.4, -0.2) is 49.6 Å². The molecule has 1 fully saturated rings. The Balaban J connectivity index is 1.69. The van der Waals surface area contributed by atoms with E-state index in [1.807, 2.05) is 23.1 Å². The van der Waals surface area contributed by atoms with Crippen molar-refractivity contribution in [1.29, 1.82) is 0 Å². The largest absolute Gasteiger partial charge is 0.381 e. The Hall–Kier alpha value is -1.88. The maximum absolute atomic E-state index is 12.0. The van der Waals surface area contributed by atoms with Crippen molar-refractivity contribution < 1.29 is 14.3 Å². The molecule has 1 N–H and O–H groups in total. The number of ether oxygens (including phenoxy) is 1. The molecule has 1 aliphatic rings.